The molecule has 4 nitrogen and oxygen atoms in total. The van der Waals surface area contributed by atoms with Gasteiger partial charge in [-0.2, -0.15) is 8.42 Å². The molecule has 0 aromatic rings. The van der Waals surface area contributed by atoms with Gasteiger partial charge in [0.15, 0.2) is 0 Å². The van der Waals surface area contributed by atoms with Crippen LogP contribution in [0.5, 0.6) is 0 Å². The second-order valence-corrected chi connectivity index (χ2v) is 4.64. The maximum absolute atomic E-state index is 10.5. The normalized spacial score (nSPS) is 27.1. The first-order chi connectivity index (χ1) is 4.58. The fraction of sp³-hybridized carbons (Fsp3) is 1.00. The minimum atomic E-state index is -3.28. The highest BCUT2D eigenvalue weighted by molar-refractivity contribution is 7.99. The molecular weight excluding hydrogens is 174 g/mol. The van der Waals surface area contributed by atoms with Crippen LogP contribution in [-0.2, 0) is 14.3 Å². The van der Waals surface area contributed by atoms with E-state index in [4.69, 9.17) is 0 Å². The van der Waals surface area contributed by atoms with E-state index in [-0.39, 0.29) is 6.23 Å². The lowest BCUT2D eigenvalue weighted by Gasteiger charge is -2.06. The lowest BCUT2D eigenvalue weighted by molar-refractivity contribution is 0.213. The Balaban J connectivity index is 2.38. The molecule has 1 rings (SSSR count). The molecule has 0 bridgehead atoms. The van der Waals surface area contributed by atoms with E-state index in [0.29, 0.717) is 5.75 Å². The van der Waals surface area contributed by atoms with Gasteiger partial charge >= 0.3 is 0 Å². The summed E-state index contributed by atoms with van der Waals surface area (Å²) in [5.41, 5.74) is 0. The van der Waals surface area contributed by atoms with Crippen LogP contribution in [0, 0.1) is 0 Å². The Labute approximate surface area is 64.4 Å². The topological polar surface area (TPSA) is 55.4 Å². The van der Waals surface area contributed by atoms with E-state index >= 15 is 0 Å². The summed E-state index contributed by atoms with van der Waals surface area (Å²) in [5.74, 6) is 1.47. The van der Waals surface area contributed by atoms with Crippen LogP contribution in [0.25, 0.3) is 0 Å². The number of nitrogens with one attached hydrogen (secondary N) is 1. The zero-order valence-corrected chi connectivity index (χ0v) is 7.17. The zero-order chi connectivity index (χ0) is 7.61. The zero-order valence-electron chi connectivity index (χ0n) is 5.53. The predicted molar refractivity (Wildman–Crippen MR) is 40.2 cm³/mol. The van der Waals surface area contributed by atoms with Crippen LogP contribution in [0.15, 0.2) is 0 Å². The molecule has 1 fully saturated rings. The fourth-order valence-corrected chi connectivity index (χ4v) is 2.12. The van der Waals surface area contributed by atoms with Gasteiger partial charge in [0.2, 0.25) is 0 Å². The Morgan fingerprint density at radius 3 is 2.80 bits per heavy atom. The molecule has 0 spiro atoms. The maximum atomic E-state index is 10.5. The van der Waals surface area contributed by atoms with Gasteiger partial charge in [0, 0.05) is 11.6 Å². The van der Waals surface area contributed by atoms with Gasteiger partial charge in [-0.1, -0.05) is 0 Å². The second-order valence-electron chi connectivity index (χ2n) is 2.01. The van der Waals surface area contributed by atoms with Crippen molar-refractivity contribution < 1.29 is 12.6 Å². The van der Waals surface area contributed by atoms with E-state index in [1.165, 1.54) is 0 Å². The first-order valence-electron chi connectivity index (χ1n) is 2.77. The molecule has 10 heavy (non-hydrogen) atoms. The van der Waals surface area contributed by atoms with Crippen LogP contribution < -0.4 is 5.32 Å². The molecule has 1 atom stereocenters. The molecular formula is C4H9NO3S2. The molecule has 0 saturated carbocycles. The standard InChI is InChI=1S/C4H9NO3S2/c1-10(6,7)8-4-2-9-3-5-4/h4-5H,2-3H2,1H3. The third-order valence-corrected chi connectivity index (χ3v) is 2.46. The van der Waals surface area contributed by atoms with Crippen molar-refractivity contribution in [1.82, 2.24) is 5.32 Å². The number of hydrogen-bond donors (Lipinski definition) is 1. The molecule has 1 heterocycles. The van der Waals surface area contributed by atoms with Crippen molar-refractivity contribution in [3.8, 4) is 0 Å². The Kier molecular flexibility index (Phi) is 2.56. The van der Waals surface area contributed by atoms with Gasteiger partial charge in [0.1, 0.15) is 6.23 Å². The Morgan fingerprint density at radius 2 is 2.40 bits per heavy atom. The van der Waals surface area contributed by atoms with Crippen molar-refractivity contribution >= 4 is 21.9 Å². The molecule has 0 aromatic heterocycles. The molecule has 0 radical (unpaired) electrons. The predicted octanol–water partition coefficient (Wildman–Crippen LogP) is -0.417. The van der Waals surface area contributed by atoms with Crippen molar-refractivity contribution in [2.45, 2.75) is 6.23 Å². The van der Waals surface area contributed by atoms with Gasteiger partial charge < -0.3 is 0 Å². The van der Waals surface area contributed by atoms with Gasteiger partial charge in [-0.05, 0) is 0 Å². The summed E-state index contributed by atoms with van der Waals surface area (Å²) in [4.78, 5) is 0. The van der Waals surface area contributed by atoms with Crippen LogP contribution in [0.4, 0.5) is 0 Å². The van der Waals surface area contributed by atoms with Crippen molar-refractivity contribution in [2.24, 2.45) is 0 Å². The summed E-state index contributed by atoms with van der Waals surface area (Å²) in [5, 5.41) is 2.87. The van der Waals surface area contributed by atoms with Gasteiger partial charge in [-0.25, -0.2) is 0 Å². The molecule has 0 amide bonds. The summed E-state index contributed by atoms with van der Waals surface area (Å²) in [6.07, 6.45) is 0.734. The van der Waals surface area contributed by atoms with Gasteiger partial charge in [0.05, 0.1) is 6.26 Å². The second kappa shape index (κ2) is 3.08. The van der Waals surface area contributed by atoms with Crippen LogP contribution in [-0.4, -0.2) is 32.5 Å². The molecule has 0 aliphatic carbocycles. The maximum Gasteiger partial charge on any atom is 0.265 e. The first kappa shape index (κ1) is 8.32. The average Bonchev–Trinajstić information content (AvgIpc) is 2.12. The van der Waals surface area contributed by atoms with Crippen molar-refractivity contribution in [1.29, 1.82) is 0 Å². The van der Waals surface area contributed by atoms with E-state index in [1.54, 1.807) is 11.8 Å². The summed E-state index contributed by atoms with van der Waals surface area (Å²) in [7, 11) is -3.28. The Bertz CT molecular complexity index is 195. The minimum Gasteiger partial charge on any atom is -0.281 e. The van der Waals surface area contributed by atoms with Crippen LogP contribution in [0.1, 0.15) is 0 Å². The average molecular weight is 183 g/mol. The number of hydrogen-bond acceptors (Lipinski definition) is 5. The highest BCUT2D eigenvalue weighted by atomic mass is 32.2. The van der Waals surface area contributed by atoms with Crippen LogP contribution >= 0.6 is 11.8 Å². The fourth-order valence-electron chi connectivity index (χ4n) is 0.650. The van der Waals surface area contributed by atoms with Gasteiger partial charge in [0.25, 0.3) is 10.1 Å². The van der Waals surface area contributed by atoms with E-state index in [0.717, 1.165) is 12.1 Å². The summed E-state index contributed by atoms with van der Waals surface area (Å²) in [6.45, 7) is 0. The summed E-state index contributed by atoms with van der Waals surface area (Å²) < 4.78 is 25.7. The van der Waals surface area contributed by atoms with Gasteiger partial charge in [-0.3, -0.25) is 9.50 Å². The monoisotopic (exact) mass is 183 g/mol. The Morgan fingerprint density at radius 1 is 1.70 bits per heavy atom. The summed E-state index contributed by atoms with van der Waals surface area (Å²) >= 11 is 1.62. The first-order valence-corrected chi connectivity index (χ1v) is 5.74. The smallest absolute Gasteiger partial charge is 0.265 e. The quantitative estimate of drug-likeness (QED) is 0.589. The SMILES string of the molecule is CS(=O)(=O)OC1CSCN1. The van der Waals surface area contributed by atoms with Crippen LogP contribution in [0.3, 0.4) is 0 Å². The molecule has 1 aliphatic heterocycles. The van der Waals surface area contributed by atoms with E-state index in [1.807, 2.05) is 0 Å². The summed E-state index contributed by atoms with van der Waals surface area (Å²) in [6, 6.07) is 0. The lowest BCUT2D eigenvalue weighted by atomic mass is 10.7. The highest BCUT2D eigenvalue weighted by Gasteiger charge is 2.18. The number of rotatable bonds is 2. The third kappa shape index (κ3) is 2.87. The molecule has 6 heteroatoms. The molecule has 1 unspecified atom stereocenters. The molecule has 1 saturated heterocycles. The van der Waals surface area contributed by atoms with E-state index < -0.39 is 10.1 Å². The largest absolute Gasteiger partial charge is 0.281 e. The molecule has 0 aromatic carbocycles. The molecule has 1 N–H and O–H groups in total. The van der Waals surface area contributed by atoms with E-state index in [2.05, 4.69) is 9.50 Å². The molecule has 1 aliphatic rings. The van der Waals surface area contributed by atoms with Crippen LogP contribution in [0.2, 0.25) is 0 Å². The van der Waals surface area contributed by atoms with E-state index in [9.17, 15) is 8.42 Å². The van der Waals surface area contributed by atoms with Crippen molar-refractivity contribution in [3.63, 3.8) is 0 Å². The third-order valence-electron chi connectivity index (χ3n) is 0.973. The lowest BCUT2D eigenvalue weighted by Crippen LogP contribution is -2.29. The van der Waals surface area contributed by atoms with Crippen molar-refractivity contribution in [2.75, 3.05) is 17.9 Å². The van der Waals surface area contributed by atoms with Gasteiger partial charge in [-0.15, -0.1) is 11.8 Å². The minimum absolute atomic E-state index is 0.319. The van der Waals surface area contributed by atoms with Crippen molar-refractivity contribution in [3.05, 3.63) is 0 Å². The highest BCUT2D eigenvalue weighted by Crippen LogP contribution is 2.11. The molecule has 60 valence electrons. The Hall–Kier alpha value is 0.220. The number of thioether (sulfide) groups is 1.